The van der Waals surface area contributed by atoms with E-state index < -0.39 is 17.1 Å². The lowest BCUT2D eigenvalue weighted by atomic mass is 9.48. The Morgan fingerprint density at radius 3 is 2.88 bits per heavy atom. The average molecular weight is 457 g/mol. The van der Waals surface area contributed by atoms with E-state index in [9.17, 15) is 14.7 Å². The lowest BCUT2D eigenvalue weighted by Gasteiger charge is -2.64. The van der Waals surface area contributed by atoms with Crippen molar-refractivity contribution in [1.29, 1.82) is 0 Å². The molecule has 2 saturated heterocycles. The van der Waals surface area contributed by atoms with Gasteiger partial charge >= 0.3 is 5.97 Å². The SMILES string of the molecule is CC(C)C(=O)Oc1ccc2c3c1O[C@H]1C(=O)CC[C@@]4(O)[C@@H](C2)[N+](C)(CC2CCCO2)CC[C@]314. The average Bonchev–Trinajstić information content (AvgIpc) is 3.40. The topological polar surface area (TPSA) is 82.1 Å². The molecule has 1 aromatic rings. The van der Waals surface area contributed by atoms with E-state index in [0.717, 1.165) is 48.1 Å². The number of nitrogens with zero attached hydrogens (tertiary/aromatic N) is 1. The normalized spacial score (nSPS) is 40.5. The number of ketones is 1. The van der Waals surface area contributed by atoms with Gasteiger partial charge in [0.15, 0.2) is 23.4 Å². The summed E-state index contributed by atoms with van der Waals surface area (Å²) >= 11 is 0. The molecule has 0 amide bonds. The van der Waals surface area contributed by atoms with Crippen LogP contribution < -0.4 is 9.47 Å². The second-order valence-corrected chi connectivity index (χ2v) is 11.4. The van der Waals surface area contributed by atoms with Gasteiger partial charge in [-0.15, -0.1) is 0 Å². The van der Waals surface area contributed by atoms with Crippen LogP contribution in [0, 0.1) is 5.92 Å². The molecule has 0 aromatic heterocycles. The molecule has 2 aliphatic carbocycles. The molecule has 7 nitrogen and oxygen atoms in total. The monoisotopic (exact) mass is 456 g/mol. The van der Waals surface area contributed by atoms with Gasteiger partial charge in [-0.25, -0.2) is 0 Å². The van der Waals surface area contributed by atoms with Crippen molar-refractivity contribution < 1.29 is 33.4 Å². The highest BCUT2D eigenvalue weighted by molar-refractivity contribution is 5.90. The molecule has 6 atom stereocenters. The van der Waals surface area contributed by atoms with Gasteiger partial charge in [0, 0.05) is 31.4 Å². The summed E-state index contributed by atoms with van der Waals surface area (Å²) in [6, 6.07) is 3.79. The quantitative estimate of drug-likeness (QED) is 0.425. The number of likely N-dealkylation sites (tertiary alicyclic amines) is 1. The minimum atomic E-state index is -1.05. The number of aliphatic hydroxyl groups is 1. The Hall–Kier alpha value is -1.96. The molecule has 1 spiro atoms. The van der Waals surface area contributed by atoms with E-state index in [0.29, 0.717) is 37.2 Å². The van der Waals surface area contributed by atoms with Crippen molar-refractivity contribution in [2.24, 2.45) is 5.92 Å². The van der Waals surface area contributed by atoms with Crippen LogP contribution in [0.25, 0.3) is 0 Å². The van der Waals surface area contributed by atoms with Crippen molar-refractivity contribution >= 4 is 11.8 Å². The van der Waals surface area contributed by atoms with Gasteiger partial charge in [0.1, 0.15) is 24.3 Å². The zero-order valence-electron chi connectivity index (χ0n) is 19.8. The van der Waals surface area contributed by atoms with Crippen LogP contribution in [0.4, 0.5) is 0 Å². The fourth-order valence-corrected chi connectivity index (χ4v) is 7.60. The summed E-state index contributed by atoms with van der Waals surface area (Å²) in [7, 11) is 2.25. The van der Waals surface area contributed by atoms with Gasteiger partial charge in [0.25, 0.3) is 0 Å². The van der Waals surface area contributed by atoms with Crippen molar-refractivity contribution in [3.63, 3.8) is 0 Å². The first-order valence-electron chi connectivity index (χ1n) is 12.5. The number of benzene rings is 1. The predicted molar refractivity (Wildman–Crippen MR) is 119 cm³/mol. The summed E-state index contributed by atoms with van der Waals surface area (Å²) < 4.78 is 18.8. The van der Waals surface area contributed by atoms with Crippen molar-refractivity contribution in [3.8, 4) is 11.5 Å². The number of rotatable bonds is 4. The second-order valence-electron chi connectivity index (χ2n) is 11.4. The summed E-state index contributed by atoms with van der Waals surface area (Å²) in [4.78, 5) is 25.5. The third kappa shape index (κ3) is 2.73. The molecule has 1 N–H and O–H groups in total. The van der Waals surface area contributed by atoms with Gasteiger partial charge in [-0.3, -0.25) is 9.59 Å². The van der Waals surface area contributed by atoms with E-state index in [4.69, 9.17) is 14.2 Å². The van der Waals surface area contributed by atoms with Gasteiger partial charge in [-0.05, 0) is 30.9 Å². The highest BCUT2D eigenvalue weighted by atomic mass is 16.6. The van der Waals surface area contributed by atoms with Gasteiger partial charge in [-0.2, -0.15) is 0 Å². The highest BCUT2D eigenvalue weighted by Gasteiger charge is 2.76. The summed E-state index contributed by atoms with van der Waals surface area (Å²) in [6.07, 6.45) is 3.81. The summed E-state index contributed by atoms with van der Waals surface area (Å²) in [6.45, 7) is 6.14. The Morgan fingerprint density at radius 2 is 2.15 bits per heavy atom. The molecule has 2 bridgehead atoms. The number of esters is 1. The molecular weight excluding hydrogens is 422 g/mol. The van der Waals surface area contributed by atoms with E-state index in [2.05, 4.69) is 7.05 Å². The summed E-state index contributed by atoms with van der Waals surface area (Å²) in [5.74, 6) is 0.296. The number of ether oxygens (including phenoxy) is 3. The predicted octanol–water partition coefficient (Wildman–Crippen LogP) is 2.29. The lowest BCUT2D eigenvalue weighted by molar-refractivity contribution is -0.951. The number of carbonyl (C=O) groups is 2. The molecule has 3 heterocycles. The first kappa shape index (κ1) is 21.6. The number of hydrogen-bond donors (Lipinski definition) is 1. The molecule has 3 aliphatic heterocycles. The zero-order valence-corrected chi connectivity index (χ0v) is 19.8. The zero-order chi connectivity index (χ0) is 23.2. The van der Waals surface area contributed by atoms with Crippen LogP contribution in [0.3, 0.4) is 0 Å². The van der Waals surface area contributed by atoms with Crippen molar-refractivity contribution in [1.82, 2.24) is 0 Å². The van der Waals surface area contributed by atoms with Gasteiger partial charge < -0.3 is 23.8 Å². The van der Waals surface area contributed by atoms with Gasteiger partial charge in [0.2, 0.25) is 0 Å². The van der Waals surface area contributed by atoms with Crippen LogP contribution in [0.5, 0.6) is 11.5 Å². The smallest absolute Gasteiger partial charge is 0.313 e. The second kappa shape index (κ2) is 7.03. The van der Waals surface area contributed by atoms with Crippen LogP contribution in [0.1, 0.15) is 57.1 Å². The number of Topliss-reactive ketones (excluding diaryl/α,β-unsaturated/α-hetero) is 1. The minimum absolute atomic E-state index is 0.0304. The Balaban J connectivity index is 1.48. The van der Waals surface area contributed by atoms with Crippen molar-refractivity contribution in [2.75, 3.05) is 26.7 Å². The maximum Gasteiger partial charge on any atom is 0.313 e. The maximum atomic E-state index is 13.2. The number of carbonyl (C=O) groups excluding carboxylic acids is 2. The maximum absolute atomic E-state index is 13.2. The fourth-order valence-electron chi connectivity index (χ4n) is 7.60. The summed E-state index contributed by atoms with van der Waals surface area (Å²) in [5.41, 5.74) is 0.204. The van der Waals surface area contributed by atoms with E-state index in [1.54, 1.807) is 19.9 Å². The summed E-state index contributed by atoms with van der Waals surface area (Å²) in [5, 5.41) is 12.5. The number of piperidine rings is 1. The van der Waals surface area contributed by atoms with Crippen LogP contribution in [-0.2, 0) is 26.2 Å². The Bertz CT molecular complexity index is 1030. The third-order valence-electron chi connectivity index (χ3n) is 9.22. The molecule has 1 saturated carbocycles. The van der Waals surface area contributed by atoms with Gasteiger partial charge in [-0.1, -0.05) is 19.9 Å². The lowest BCUT2D eigenvalue weighted by Crippen LogP contribution is -2.81. The van der Waals surface area contributed by atoms with Gasteiger partial charge in [0.05, 0.1) is 24.9 Å². The van der Waals surface area contributed by atoms with Crippen LogP contribution in [0.15, 0.2) is 12.1 Å². The van der Waals surface area contributed by atoms with E-state index in [1.165, 1.54) is 0 Å². The van der Waals surface area contributed by atoms with Crippen molar-refractivity contribution in [2.45, 2.75) is 81.6 Å². The molecule has 6 rings (SSSR count). The first-order chi connectivity index (χ1) is 15.7. The first-order valence-corrected chi connectivity index (χ1v) is 12.5. The van der Waals surface area contributed by atoms with Crippen LogP contribution in [-0.4, -0.2) is 71.9 Å². The molecule has 7 heteroatoms. The number of hydrogen-bond acceptors (Lipinski definition) is 6. The molecule has 1 aromatic carbocycles. The minimum Gasteiger partial charge on any atom is -0.477 e. The number of likely N-dealkylation sites (N-methyl/N-ethyl adjacent to an activating group) is 1. The Morgan fingerprint density at radius 1 is 1.33 bits per heavy atom. The largest absolute Gasteiger partial charge is 0.477 e. The molecule has 5 aliphatic rings. The van der Waals surface area contributed by atoms with E-state index in [-0.39, 0.29) is 29.8 Å². The molecular formula is C26H34NO6+. The molecule has 33 heavy (non-hydrogen) atoms. The molecule has 0 radical (unpaired) electrons. The van der Waals surface area contributed by atoms with Crippen LogP contribution in [0.2, 0.25) is 0 Å². The van der Waals surface area contributed by atoms with E-state index in [1.807, 2.05) is 6.07 Å². The molecule has 178 valence electrons. The molecule has 3 fully saturated rings. The fraction of sp³-hybridized carbons (Fsp3) is 0.692. The molecule has 2 unspecified atom stereocenters. The van der Waals surface area contributed by atoms with Crippen molar-refractivity contribution in [3.05, 3.63) is 23.3 Å². The van der Waals surface area contributed by atoms with E-state index >= 15 is 0 Å². The number of quaternary nitrogens is 1. The Kier molecular flexibility index (Phi) is 4.59. The standard InChI is InChI=1S/C26H34NO6/c1-15(2)24(29)32-19-7-6-16-13-20-26(30)9-8-18(28)23-25(26,21(16)22(19)33-23)10-11-27(20,3)14-17-5-4-12-31-17/h6-7,15,17,20,23,30H,4-5,8-14H2,1-3H3/q+1/t17?,20-,23+,25+,26-,27?/m1/s1. The third-order valence-corrected chi connectivity index (χ3v) is 9.22. The Labute approximate surface area is 194 Å². The highest BCUT2D eigenvalue weighted by Crippen LogP contribution is 2.65. The van der Waals surface area contributed by atoms with Crippen LogP contribution >= 0.6 is 0 Å².